The molecule has 0 saturated heterocycles. The summed E-state index contributed by atoms with van der Waals surface area (Å²) >= 11 is 7.63. The number of halogens is 1. The lowest BCUT2D eigenvalue weighted by Crippen LogP contribution is -2.04. The highest BCUT2D eigenvalue weighted by molar-refractivity contribution is 7.70. The van der Waals surface area contributed by atoms with Crippen LogP contribution in [-0.2, 0) is 4.57 Å². The van der Waals surface area contributed by atoms with Gasteiger partial charge >= 0.3 is 0 Å². The van der Waals surface area contributed by atoms with Crippen LogP contribution in [0, 0.1) is 13.8 Å². The zero-order valence-corrected chi connectivity index (χ0v) is 22.8. The Hall–Kier alpha value is -3.25. The second-order valence-electron chi connectivity index (χ2n) is 8.97. The minimum absolute atomic E-state index is 0.562. The minimum Gasteiger partial charge on any atom is -0.338 e. The summed E-state index contributed by atoms with van der Waals surface area (Å²) < 4.78 is 15.0. The van der Waals surface area contributed by atoms with Crippen molar-refractivity contribution >= 4 is 70.3 Å². The summed E-state index contributed by atoms with van der Waals surface area (Å²) in [5, 5.41) is 4.21. The molecule has 0 unspecified atom stereocenters. The Balaban J connectivity index is 1.59. The first-order valence-electron chi connectivity index (χ1n) is 11.4. The number of aryl methyl sites for hydroxylation is 2. The molecule has 0 radical (unpaired) electrons. The molecule has 0 atom stereocenters. The van der Waals surface area contributed by atoms with E-state index in [4.69, 9.17) is 21.6 Å². The molecular weight excluding hydrogens is 509 g/mol. The van der Waals surface area contributed by atoms with Gasteiger partial charge in [0.1, 0.15) is 13.5 Å². The second-order valence-corrected chi connectivity index (χ2v) is 13.9. The number of aromatic nitrogens is 4. The number of hydrogen-bond acceptors (Lipinski definition) is 6. The number of anilines is 2. The fourth-order valence-electron chi connectivity index (χ4n) is 3.94. The van der Waals surface area contributed by atoms with Crippen LogP contribution in [0.25, 0.3) is 34.1 Å². The normalized spacial score (nSPS) is 12.0. The van der Waals surface area contributed by atoms with E-state index in [0.717, 1.165) is 15.9 Å². The number of imidazole rings is 1. The van der Waals surface area contributed by atoms with E-state index in [1.165, 1.54) is 28.0 Å². The van der Waals surface area contributed by atoms with Gasteiger partial charge in [-0.25, -0.2) is 15.0 Å². The van der Waals surface area contributed by atoms with Gasteiger partial charge in [-0.3, -0.25) is 4.57 Å². The average molecular weight is 534 g/mol. The molecule has 0 bridgehead atoms. The van der Waals surface area contributed by atoms with E-state index in [-0.39, 0.29) is 0 Å². The number of benzene rings is 2. The van der Waals surface area contributed by atoms with Crippen molar-refractivity contribution < 1.29 is 4.57 Å². The molecule has 1 N–H and O–H groups in total. The highest BCUT2D eigenvalue weighted by atomic mass is 35.5. The first kappa shape index (κ1) is 24.4. The molecule has 0 amide bonds. The van der Waals surface area contributed by atoms with Crippen LogP contribution in [0.3, 0.4) is 0 Å². The molecule has 6 nitrogen and oxygen atoms in total. The van der Waals surface area contributed by atoms with Gasteiger partial charge in [-0.15, -0.1) is 11.3 Å². The number of fused-ring (bicyclic) bond motifs is 1. The largest absolute Gasteiger partial charge is 0.338 e. The Morgan fingerprint density at radius 2 is 1.72 bits per heavy atom. The van der Waals surface area contributed by atoms with Gasteiger partial charge in [0.15, 0.2) is 22.8 Å². The van der Waals surface area contributed by atoms with Crippen molar-refractivity contribution in [3.8, 4) is 10.7 Å². The molecule has 0 spiro atoms. The number of nitrogens with one attached hydrogen (secondary N) is 1. The van der Waals surface area contributed by atoms with Crippen molar-refractivity contribution in [3.63, 3.8) is 0 Å². The lowest BCUT2D eigenvalue weighted by Gasteiger charge is -2.11. The third-order valence-electron chi connectivity index (χ3n) is 5.91. The topological polar surface area (TPSA) is 72.7 Å². The van der Waals surface area contributed by atoms with Crippen LogP contribution in [-0.4, -0.2) is 32.8 Å². The first-order valence-corrected chi connectivity index (χ1v) is 15.2. The van der Waals surface area contributed by atoms with Crippen LogP contribution in [0.5, 0.6) is 0 Å². The number of thiophene rings is 1. The SMILES string of the molecule is Cc1cccc(C)c1/C=C/n1cnc2c(Nc3ccc(P(C)(C)=O)cc3)nc(-c3ccc(Cl)s3)nc21. The summed E-state index contributed by atoms with van der Waals surface area (Å²) in [5.41, 5.74) is 5.72. The van der Waals surface area contributed by atoms with Gasteiger partial charge in [0.2, 0.25) is 0 Å². The zero-order valence-electron chi connectivity index (χ0n) is 20.4. The first-order chi connectivity index (χ1) is 17.2. The fraction of sp³-hybridized carbons (Fsp3) is 0.148. The Kier molecular flexibility index (Phi) is 6.56. The smallest absolute Gasteiger partial charge is 0.174 e. The lowest BCUT2D eigenvalue weighted by atomic mass is 10.0. The quantitative estimate of drug-likeness (QED) is 0.229. The molecule has 9 heteroatoms. The molecule has 3 heterocycles. The number of hydrogen-bond donors (Lipinski definition) is 1. The molecule has 0 fully saturated rings. The molecule has 0 aliphatic rings. The van der Waals surface area contributed by atoms with Gasteiger partial charge in [-0.1, -0.05) is 29.8 Å². The maximum Gasteiger partial charge on any atom is 0.174 e. The molecule has 182 valence electrons. The summed E-state index contributed by atoms with van der Waals surface area (Å²) in [7, 11) is -2.33. The summed E-state index contributed by atoms with van der Waals surface area (Å²) in [5.74, 6) is 1.15. The van der Waals surface area contributed by atoms with Crippen molar-refractivity contribution in [3.05, 3.63) is 82.0 Å². The Bertz CT molecular complexity index is 1630. The predicted molar refractivity (Wildman–Crippen MR) is 154 cm³/mol. The van der Waals surface area contributed by atoms with Crippen LogP contribution in [0.1, 0.15) is 16.7 Å². The molecule has 5 rings (SSSR count). The van der Waals surface area contributed by atoms with Crippen LogP contribution in [0.15, 0.2) is 60.9 Å². The Morgan fingerprint density at radius 3 is 2.36 bits per heavy atom. The monoisotopic (exact) mass is 533 g/mol. The maximum absolute atomic E-state index is 12.4. The average Bonchev–Trinajstić information content (AvgIpc) is 3.45. The summed E-state index contributed by atoms with van der Waals surface area (Å²) in [6.07, 6.45) is 5.80. The van der Waals surface area contributed by atoms with Crippen LogP contribution in [0.4, 0.5) is 11.5 Å². The van der Waals surface area contributed by atoms with E-state index in [1.807, 2.05) is 47.2 Å². The number of nitrogens with zero attached hydrogens (tertiary/aromatic N) is 4. The van der Waals surface area contributed by atoms with Gasteiger partial charge in [-0.05, 0) is 86.3 Å². The molecule has 2 aromatic carbocycles. The van der Waals surface area contributed by atoms with Crippen molar-refractivity contribution in [2.45, 2.75) is 13.8 Å². The van der Waals surface area contributed by atoms with Gasteiger partial charge < -0.3 is 9.88 Å². The van der Waals surface area contributed by atoms with Crippen molar-refractivity contribution in [1.29, 1.82) is 0 Å². The second kappa shape index (κ2) is 9.66. The van der Waals surface area contributed by atoms with Crippen LogP contribution in [0.2, 0.25) is 4.34 Å². The summed E-state index contributed by atoms with van der Waals surface area (Å²) in [6, 6.07) is 17.6. The summed E-state index contributed by atoms with van der Waals surface area (Å²) in [4.78, 5) is 15.1. The van der Waals surface area contributed by atoms with Crippen molar-refractivity contribution in [2.24, 2.45) is 0 Å². The van der Waals surface area contributed by atoms with E-state index >= 15 is 0 Å². The van der Waals surface area contributed by atoms with Crippen molar-refractivity contribution in [1.82, 2.24) is 19.5 Å². The highest BCUT2D eigenvalue weighted by Crippen LogP contribution is 2.35. The van der Waals surface area contributed by atoms with Gasteiger partial charge in [-0.2, -0.15) is 0 Å². The standard InChI is InChI=1S/C27H25ClN5OPS/c1-17-6-5-7-18(2)21(17)14-15-33-16-29-24-26(30-19-8-10-20(11-9-19)35(3,4)34)31-25(32-27(24)33)22-12-13-23(28)36-22/h5-16H,1-4H3,(H,30,31,32)/b15-14+. The van der Waals surface area contributed by atoms with Gasteiger partial charge in [0.25, 0.3) is 0 Å². The Morgan fingerprint density at radius 1 is 1.00 bits per heavy atom. The highest BCUT2D eigenvalue weighted by Gasteiger charge is 2.16. The van der Waals surface area contributed by atoms with E-state index < -0.39 is 7.14 Å². The van der Waals surface area contributed by atoms with Gasteiger partial charge in [0, 0.05) is 17.2 Å². The molecule has 0 saturated carbocycles. The van der Waals surface area contributed by atoms with E-state index in [0.29, 0.717) is 27.1 Å². The van der Waals surface area contributed by atoms with E-state index in [2.05, 4.69) is 48.4 Å². The van der Waals surface area contributed by atoms with E-state index in [9.17, 15) is 4.57 Å². The molecule has 0 aliphatic heterocycles. The minimum atomic E-state index is -2.33. The van der Waals surface area contributed by atoms with Crippen molar-refractivity contribution in [2.75, 3.05) is 18.6 Å². The summed E-state index contributed by atoms with van der Waals surface area (Å²) in [6.45, 7) is 7.73. The lowest BCUT2D eigenvalue weighted by molar-refractivity contribution is 0.588. The molecular formula is C27H25ClN5OPS. The maximum atomic E-state index is 12.4. The molecule has 3 aromatic heterocycles. The zero-order chi connectivity index (χ0) is 25.4. The predicted octanol–water partition coefficient (Wildman–Crippen LogP) is 7.44. The van der Waals surface area contributed by atoms with Crippen LogP contribution < -0.4 is 10.6 Å². The number of rotatable bonds is 6. The van der Waals surface area contributed by atoms with Crippen LogP contribution >= 0.6 is 30.1 Å². The molecule has 36 heavy (non-hydrogen) atoms. The fourth-order valence-corrected chi connectivity index (χ4v) is 5.79. The molecule has 0 aliphatic carbocycles. The van der Waals surface area contributed by atoms with E-state index in [1.54, 1.807) is 19.7 Å². The van der Waals surface area contributed by atoms with Gasteiger partial charge in [0.05, 0.1) is 9.21 Å². The Labute approximate surface area is 219 Å². The third-order valence-corrected chi connectivity index (χ3v) is 8.68. The third kappa shape index (κ3) is 5.00. The molecule has 5 aromatic rings.